The maximum atomic E-state index is 12.3. The van der Waals surface area contributed by atoms with Crippen LogP contribution < -0.4 is 14.8 Å². The molecule has 0 saturated carbocycles. The van der Waals surface area contributed by atoms with Gasteiger partial charge in [-0.1, -0.05) is 30.3 Å². The average Bonchev–Trinajstić information content (AvgIpc) is 2.67. The van der Waals surface area contributed by atoms with Crippen molar-refractivity contribution in [3.8, 4) is 11.5 Å². The van der Waals surface area contributed by atoms with Crippen molar-refractivity contribution in [1.29, 1.82) is 0 Å². The Balaban J connectivity index is 1.44. The van der Waals surface area contributed by atoms with Crippen molar-refractivity contribution in [2.24, 2.45) is 0 Å². The van der Waals surface area contributed by atoms with Crippen molar-refractivity contribution in [2.45, 2.75) is 37.1 Å². The number of nitrogens with one attached hydrogen (secondary N) is 1. The summed E-state index contributed by atoms with van der Waals surface area (Å²) >= 11 is 1.86. The van der Waals surface area contributed by atoms with Gasteiger partial charge in [-0.15, -0.1) is 11.8 Å². The summed E-state index contributed by atoms with van der Waals surface area (Å²) in [6.45, 7) is 3.04. The highest BCUT2D eigenvalue weighted by molar-refractivity contribution is 7.99. The van der Waals surface area contributed by atoms with Gasteiger partial charge in [0, 0.05) is 17.1 Å². The third-order valence-corrected chi connectivity index (χ3v) is 5.37. The van der Waals surface area contributed by atoms with Gasteiger partial charge >= 0.3 is 0 Å². The second-order valence-electron chi connectivity index (χ2n) is 6.13. The minimum absolute atomic E-state index is 0.0818. The van der Waals surface area contributed by atoms with Crippen molar-refractivity contribution >= 4 is 17.7 Å². The number of thioether (sulfide) groups is 1. The van der Waals surface area contributed by atoms with Crippen LogP contribution in [0.4, 0.5) is 0 Å². The van der Waals surface area contributed by atoms with Gasteiger partial charge in [0.2, 0.25) is 5.91 Å². The zero-order valence-electron chi connectivity index (χ0n) is 15.1. The third-order valence-electron chi connectivity index (χ3n) is 4.25. The lowest BCUT2D eigenvalue weighted by Crippen LogP contribution is -2.30. The van der Waals surface area contributed by atoms with E-state index in [4.69, 9.17) is 9.47 Å². The first kappa shape index (κ1) is 18.6. The van der Waals surface area contributed by atoms with Crippen LogP contribution >= 0.6 is 11.8 Å². The molecule has 0 saturated heterocycles. The summed E-state index contributed by atoms with van der Waals surface area (Å²) in [6, 6.07) is 16.1. The normalized spacial score (nSPS) is 15.8. The molecule has 0 aromatic heterocycles. The standard InChI is InChI=1S/C21H25NO3S/c1-2-24-18-9-4-5-10-19(18)25-14-7-12-21(23)22-17-13-15-26-20-11-6-3-8-16(17)20/h3-6,8-11,17H,2,7,12-15H2,1H3,(H,22,23)/t17-/m1/s1. The predicted molar refractivity (Wildman–Crippen MR) is 105 cm³/mol. The van der Waals surface area contributed by atoms with Crippen LogP contribution in [-0.4, -0.2) is 24.9 Å². The average molecular weight is 372 g/mol. The molecule has 1 aliphatic heterocycles. The van der Waals surface area contributed by atoms with Gasteiger partial charge in [-0.3, -0.25) is 4.79 Å². The lowest BCUT2D eigenvalue weighted by Gasteiger charge is -2.25. The minimum Gasteiger partial charge on any atom is -0.490 e. The van der Waals surface area contributed by atoms with Crippen LogP contribution in [0, 0.1) is 0 Å². The Labute approximate surface area is 159 Å². The SMILES string of the molecule is CCOc1ccccc1OCCCC(=O)N[C@@H]1CCSc2ccccc21. The van der Waals surface area contributed by atoms with Crippen molar-refractivity contribution in [2.75, 3.05) is 19.0 Å². The lowest BCUT2D eigenvalue weighted by atomic mass is 10.0. The van der Waals surface area contributed by atoms with Gasteiger partial charge in [-0.2, -0.15) is 0 Å². The molecule has 1 heterocycles. The van der Waals surface area contributed by atoms with Crippen molar-refractivity contribution in [1.82, 2.24) is 5.32 Å². The smallest absolute Gasteiger partial charge is 0.220 e. The largest absolute Gasteiger partial charge is 0.490 e. The maximum absolute atomic E-state index is 12.3. The number of carbonyl (C=O) groups excluding carboxylic acids is 1. The monoisotopic (exact) mass is 371 g/mol. The van der Waals surface area contributed by atoms with Crippen LogP contribution in [0.2, 0.25) is 0 Å². The highest BCUT2D eigenvalue weighted by Crippen LogP contribution is 2.35. The van der Waals surface area contributed by atoms with E-state index in [0.29, 0.717) is 26.1 Å². The fourth-order valence-electron chi connectivity index (χ4n) is 3.02. The van der Waals surface area contributed by atoms with Gasteiger partial charge in [0.15, 0.2) is 11.5 Å². The van der Waals surface area contributed by atoms with E-state index < -0.39 is 0 Å². The molecule has 3 rings (SSSR count). The van der Waals surface area contributed by atoms with Gasteiger partial charge in [-0.25, -0.2) is 0 Å². The molecule has 1 amide bonds. The predicted octanol–water partition coefficient (Wildman–Crippen LogP) is 4.60. The van der Waals surface area contributed by atoms with Crippen LogP contribution in [0.25, 0.3) is 0 Å². The van der Waals surface area contributed by atoms with Crippen LogP contribution in [0.5, 0.6) is 11.5 Å². The maximum Gasteiger partial charge on any atom is 0.220 e. The molecule has 0 unspecified atom stereocenters. The summed E-state index contributed by atoms with van der Waals surface area (Å²) in [5, 5.41) is 3.17. The topological polar surface area (TPSA) is 47.6 Å². The Kier molecular flexibility index (Phi) is 6.83. The molecule has 0 aliphatic carbocycles. The highest BCUT2D eigenvalue weighted by Gasteiger charge is 2.21. The van der Waals surface area contributed by atoms with E-state index in [1.807, 2.05) is 55.1 Å². The molecule has 1 N–H and O–H groups in total. The van der Waals surface area contributed by atoms with E-state index in [1.165, 1.54) is 10.5 Å². The van der Waals surface area contributed by atoms with Crippen LogP contribution in [0.3, 0.4) is 0 Å². The van der Waals surface area contributed by atoms with Crippen molar-refractivity contribution < 1.29 is 14.3 Å². The van der Waals surface area contributed by atoms with Crippen LogP contribution in [-0.2, 0) is 4.79 Å². The van der Waals surface area contributed by atoms with Crippen LogP contribution in [0.1, 0.15) is 37.8 Å². The molecule has 138 valence electrons. The first-order valence-electron chi connectivity index (χ1n) is 9.13. The fourth-order valence-corrected chi connectivity index (χ4v) is 4.14. The van der Waals surface area contributed by atoms with Gasteiger partial charge in [0.25, 0.3) is 0 Å². The van der Waals surface area contributed by atoms with E-state index >= 15 is 0 Å². The summed E-state index contributed by atoms with van der Waals surface area (Å²) in [5.41, 5.74) is 1.24. The summed E-state index contributed by atoms with van der Waals surface area (Å²) in [7, 11) is 0. The highest BCUT2D eigenvalue weighted by atomic mass is 32.2. The quantitative estimate of drug-likeness (QED) is 0.689. The number of rotatable bonds is 8. The number of hydrogen-bond acceptors (Lipinski definition) is 4. The van der Waals surface area contributed by atoms with E-state index in [0.717, 1.165) is 23.7 Å². The number of amides is 1. The zero-order valence-corrected chi connectivity index (χ0v) is 15.9. The Morgan fingerprint density at radius 3 is 2.65 bits per heavy atom. The Morgan fingerprint density at radius 2 is 1.85 bits per heavy atom. The number of hydrogen-bond donors (Lipinski definition) is 1. The summed E-state index contributed by atoms with van der Waals surface area (Å²) < 4.78 is 11.3. The van der Waals surface area contributed by atoms with E-state index in [9.17, 15) is 4.79 Å². The first-order valence-corrected chi connectivity index (χ1v) is 10.1. The molecule has 5 heteroatoms. The number of benzene rings is 2. The van der Waals surface area contributed by atoms with Crippen LogP contribution in [0.15, 0.2) is 53.4 Å². The molecular weight excluding hydrogens is 346 g/mol. The van der Waals surface area contributed by atoms with E-state index in [-0.39, 0.29) is 11.9 Å². The van der Waals surface area contributed by atoms with Gasteiger partial charge in [0.1, 0.15) is 0 Å². The number of carbonyl (C=O) groups is 1. The molecule has 26 heavy (non-hydrogen) atoms. The van der Waals surface area contributed by atoms with Gasteiger partial charge < -0.3 is 14.8 Å². The molecule has 0 spiro atoms. The molecule has 1 aliphatic rings. The van der Waals surface area contributed by atoms with Gasteiger partial charge in [-0.05, 0) is 43.5 Å². The zero-order chi connectivity index (χ0) is 18.2. The lowest BCUT2D eigenvalue weighted by molar-refractivity contribution is -0.122. The molecule has 1 atom stereocenters. The Bertz CT molecular complexity index is 735. The summed E-state index contributed by atoms with van der Waals surface area (Å²) in [6.07, 6.45) is 2.11. The molecule has 0 bridgehead atoms. The van der Waals surface area contributed by atoms with E-state index in [1.54, 1.807) is 0 Å². The summed E-state index contributed by atoms with van der Waals surface area (Å²) in [5.74, 6) is 2.60. The molecule has 2 aromatic carbocycles. The number of ether oxygens (including phenoxy) is 2. The van der Waals surface area contributed by atoms with Gasteiger partial charge in [0.05, 0.1) is 19.3 Å². The third kappa shape index (κ3) is 4.94. The second-order valence-corrected chi connectivity index (χ2v) is 7.26. The Morgan fingerprint density at radius 1 is 1.12 bits per heavy atom. The minimum atomic E-state index is 0.0818. The second kappa shape index (κ2) is 9.53. The molecule has 0 fully saturated rings. The number of para-hydroxylation sites is 2. The first-order chi connectivity index (χ1) is 12.8. The molecule has 0 radical (unpaired) electrons. The fraction of sp³-hybridized carbons (Fsp3) is 0.381. The number of fused-ring (bicyclic) bond motifs is 1. The van der Waals surface area contributed by atoms with Crippen molar-refractivity contribution in [3.63, 3.8) is 0 Å². The molecule has 2 aromatic rings. The summed E-state index contributed by atoms with van der Waals surface area (Å²) in [4.78, 5) is 13.6. The van der Waals surface area contributed by atoms with E-state index in [2.05, 4.69) is 17.4 Å². The van der Waals surface area contributed by atoms with Crippen molar-refractivity contribution in [3.05, 3.63) is 54.1 Å². The Hall–Kier alpha value is -2.14. The molecule has 4 nitrogen and oxygen atoms in total. The molecular formula is C21H25NO3S.